The van der Waals surface area contributed by atoms with Crippen LogP contribution in [0.2, 0.25) is 0 Å². The Hall–Kier alpha value is -6.86. The molecule has 11 aromatic rings. The van der Waals surface area contributed by atoms with Crippen LogP contribution in [0.4, 0.5) is 0 Å². The van der Waals surface area contributed by atoms with Gasteiger partial charge in [0.05, 0.1) is 11.0 Å². The monoisotopic (exact) mass is 748 g/mol. The lowest BCUT2D eigenvalue weighted by Crippen LogP contribution is -2.59. The van der Waals surface area contributed by atoms with E-state index < -0.39 is 0 Å². The molecule has 2 aliphatic heterocycles. The van der Waals surface area contributed by atoms with E-state index in [4.69, 9.17) is 18.8 Å². The van der Waals surface area contributed by atoms with Crippen molar-refractivity contribution >= 4 is 89.0 Å². The van der Waals surface area contributed by atoms with E-state index in [1.54, 1.807) is 0 Å². The van der Waals surface area contributed by atoms with Crippen LogP contribution in [0.1, 0.15) is 38.9 Å². The first-order valence-electron chi connectivity index (χ1n) is 20.2. The highest BCUT2D eigenvalue weighted by molar-refractivity contribution is 7.00. The Labute approximate surface area is 334 Å². The first-order chi connectivity index (χ1) is 28.1. The minimum Gasteiger partial charge on any atom is -0.454 e. The third kappa shape index (κ3) is 3.89. The highest BCUT2D eigenvalue weighted by Crippen LogP contribution is 2.44. The van der Waals surface area contributed by atoms with Crippen molar-refractivity contribution in [1.82, 2.24) is 19.1 Å². The van der Waals surface area contributed by atoms with E-state index in [9.17, 15) is 0 Å². The molecule has 0 spiro atoms. The molecule has 4 aromatic heterocycles. The van der Waals surface area contributed by atoms with Crippen LogP contribution in [0.5, 0.6) is 0 Å². The number of hydrogen-bond donors (Lipinski definition) is 0. The molecule has 0 saturated carbocycles. The summed E-state index contributed by atoms with van der Waals surface area (Å²) < 4.78 is 18.5. The number of para-hydroxylation sites is 2. The molecule has 0 radical (unpaired) electrons. The first-order valence-corrected chi connectivity index (χ1v) is 20.2. The first kappa shape index (κ1) is 32.3. The number of aryl methyl sites for hydroxylation is 7. The lowest BCUT2D eigenvalue weighted by atomic mass is 9.34. The topological polar surface area (TPSA) is 61.9 Å². The Morgan fingerprint density at radius 2 is 0.862 bits per heavy atom. The standard InChI is InChI=1S/C51H37BN4O2/c1-24-16-27(4)41(28(5)17-24)50-53-44-46-35(22-33-31-12-8-10-14-39(31)57-48(33)44)52-36-23-34-32-13-9-11-15-40(32)58-49(34)45-47(36)56(38-21-26(3)20-37(43(38)52)55(46)50)51(54-45)42-29(6)18-25(2)19-30(42)7/h8-23H,1-7H3. The zero-order valence-corrected chi connectivity index (χ0v) is 33.4. The van der Waals surface area contributed by atoms with E-state index in [1.165, 1.54) is 55.3 Å². The summed E-state index contributed by atoms with van der Waals surface area (Å²) in [5, 5.41) is 4.36. The zero-order chi connectivity index (χ0) is 39.0. The van der Waals surface area contributed by atoms with Crippen molar-refractivity contribution < 1.29 is 8.83 Å². The Balaban J connectivity index is 1.27. The van der Waals surface area contributed by atoms with Crippen molar-refractivity contribution in [1.29, 1.82) is 0 Å². The molecule has 0 aliphatic carbocycles. The Kier molecular flexibility index (Phi) is 5.98. The molecule has 6 nitrogen and oxygen atoms in total. The summed E-state index contributed by atoms with van der Waals surface area (Å²) in [6, 6.07) is 35.5. The van der Waals surface area contributed by atoms with E-state index in [0.717, 1.165) is 100 Å². The molecule has 0 amide bonds. The fourth-order valence-electron chi connectivity index (χ4n) is 11.1. The van der Waals surface area contributed by atoms with Gasteiger partial charge in [-0.1, -0.05) is 83.9 Å². The molecule has 0 saturated heterocycles. The van der Waals surface area contributed by atoms with E-state index in [-0.39, 0.29) is 6.71 Å². The number of rotatable bonds is 2. The normalized spacial score (nSPS) is 13.1. The van der Waals surface area contributed by atoms with Crippen LogP contribution in [0.25, 0.3) is 100 Å². The Morgan fingerprint density at radius 1 is 0.466 bits per heavy atom. The van der Waals surface area contributed by atoms with Crippen LogP contribution in [-0.2, 0) is 0 Å². The number of nitrogens with zero attached hydrogens (tertiary/aromatic N) is 4. The lowest BCUT2D eigenvalue weighted by Gasteiger charge is -2.34. The summed E-state index contributed by atoms with van der Waals surface area (Å²) in [6.07, 6.45) is 0. The van der Waals surface area contributed by atoms with Gasteiger partial charge in [-0.05, 0) is 117 Å². The Bertz CT molecular complexity index is 3440. The molecule has 58 heavy (non-hydrogen) atoms. The average Bonchev–Trinajstić information content (AvgIpc) is 3.95. The summed E-state index contributed by atoms with van der Waals surface area (Å²) in [6.45, 7) is 15.3. The predicted octanol–water partition coefficient (Wildman–Crippen LogP) is 10.8. The smallest absolute Gasteiger partial charge is 0.252 e. The van der Waals surface area contributed by atoms with Gasteiger partial charge in [0.1, 0.15) is 33.8 Å². The second-order valence-electron chi connectivity index (χ2n) is 17.0. The number of aromatic nitrogens is 4. The maximum atomic E-state index is 6.78. The van der Waals surface area contributed by atoms with Crippen LogP contribution < -0.4 is 16.4 Å². The van der Waals surface area contributed by atoms with Crippen LogP contribution in [0.3, 0.4) is 0 Å². The lowest BCUT2D eigenvalue weighted by molar-refractivity contribution is 0.671. The van der Waals surface area contributed by atoms with Gasteiger partial charge in [-0.25, -0.2) is 9.97 Å². The number of imidazole rings is 2. The summed E-state index contributed by atoms with van der Waals surface area (Å²) in [5.41, 5.74) is 24.2. The molecule has 0 fully saturated rings. The molecule has 0 N–H and O–H groups in total. The largest absolute Gasteiger partial charge is 0.454 e. The van der Waals surface area contributed by atoms with Crippen molar-refractivity contribution in [2.45, 2.75) is 48.5 Å². The van der Waals surface area contributed by atoms with E-state index in [1.807, 2.05) is 12.1 Å². The van der Waals surface area contributed by atoms with Crippen LogP contribution in [0.15, 0.2) is 106 Å². The highest BCUT2D eigenvalue weighted by atomic mass is 16.3. The van der Waals surface area contributed by atoms with Crippen LogP contribution in [-0.4, -0.2) is 25.8 Å². The van der Waals surface area contributed by atoms with Gasteiger partial charge < -0.3 is 8.83 Å². The van der Waals surface area contributed by atoms with Gasteiger partial charge in [0.15, 0.2) is 11.2 Å². The maximum Gasteiger partial charge on any atom is 0.252 e. The third-order valence-corrected chi connectivity index (χ3v) is 13.1. The molecule has 7 heteroatoms. The van der Waals surface area contributed by atoms with Gasteiger partial charge >= 0.3 is 0 Å². The highest BCUT2D eigenvalue weighted by Gasteiger charge is 2.44. The molecule has 0 bridgehead atoms. The predicted molar refractivity (Wildman–Crippen MR) is 239 cm³/mol. The van der Waals surface area contributed by atoms with Crippen molar-refractivity contribution in [2.75, 3.05) is 0 Å². The number of fused-ring (bicyclic) bond motifs is 12. The second-order valence-corrected chi connectivity index (χ2v) is 17.0. The SMILES string of the molecule is Cc1cc(C)c(-c2nc3c4oc5ccccc5c4cc4c3n2-c2cc(C)cc3c2B4c2cc4c5ccccc5oc4c4nc(-c5c(C)cc(C)cc5C)n-3c24)c(C)c1. The summed E-state index contributed by atoms with van der Waals surface area (Å²) >= 11 is 0. The average molecular weight is 749 g/mol. The van der Waals surface area contributed by atoms with Gasteiger partial charge in [-0.3, -0.25) is 9.13 Å². The summed E-state index contributed by atoms with van der Waals surface area (Å²) in [7, 11) is 0. The number of benzene rings is 7. The van der Waals surface area contributed by atoms with E-state index in [2.05, 4.69) is 143 Å². The van der Waals surface area contributed by atoms with Gasteiger partial charge in [0.2, 0.25) is 0 Å². The zero-order valence-electron chi connectivity index (χ0n) is 33.4. The number of hydrogen-bond acceptors (Lipinski definition) is 4. The van der Waals surface area contributed by atoms with Crippen LogP contribution >= 0.6 is 0 Å². The quantitative estimate of drug-likeness (QED) is 0.165. The van der Waals surface area contributed by atoms with Gasteiger partial charge in [-0.15, -0.1) is 0 Å². The van der Waals surface area contributed by atoms with Crippen molar-refractivity contribution in [2.24, 2.45) is 0 Å². The van der Waals surface area contributed by atoms with E-state index >= 15 is 0 Å². The van der Waals surface area contributed by atoms with Crippen molar-refractivity contribution in [3.8, 4) is 34.2 Å². The molecule has 13 rings (SSSR count). The second kappa shape index (κ2) is 10.7. The molecule has 276 valence electrons. The maximum absolute atomic E-state index is 6.78. The van der Waals surface area contributed by atoms with Gasteiger partial charge in [-0.2, -0.15) is 0 Å². The molecule has 6 heterocycles. The third-order valence-electron chi connectivity index (χ3n) is 13.1. The van der Waals surface area contributed by atoms with Crippen molar-refractivity contribution in [3.05, 3.63) is 136 Å². The molecule has 2 aliphatic rings. The minimum absolute atomic E-state index is 0.110. The summed E-state index contributed by atoms with van der Waals surface area (Å²) in [5.74, 6) is 1.88. The van der Waals surface area contributed by atoms with Gasteiger partial charge in [0.25, 0.3) is 6.71 Å². The van der Waals surface area contributed by atoms with Gasteiger partial charge in [0, 0.05) is 44.0 Å². The fraction of sp³-hybridized carbons (Fsp3) is 0.137. The molecule has 0 atom stereocenters. The Morgan fingerprint density at radius 3 is 1.29 bits per heavy atom. The summed E-state index contributed by atoms with van der Waals surface area (Å²) in [4.78, 5) is 11.4. The minimum atomic E-state index is -0.110. The number of furan rings is 2. The molecular weight excluding hydrogens is 711 g/mol. The van der Waals surface area contributed by atoms with Crippen molar-refractivity contribution in [3.63, 3.8) is 0 Å². The molecule has 7 aromatic carbocycles. The van der Waals surface area contributed by atoms with E-state index in [0.29, 0.717) is 0 Å². The fourth-order valence-corrected chi connectivity index (χ4v) is 11.1. The molecule has 0 unspecified atom stereocenters. The molecular formula is C51H37BN4O2. The van der Waals surface area contributed by atoms with Crippen LogP contribution in [0, 0.1) is 48.5 Å².